The summed E-state index contributed by atoms with van der Waals surface area (Å²) in [6.45, 7) is 1.75. The molecule has 0 bridgehead atoms. The van der Waals surface area contributed by atoms with Gasteiger partial charge in [0.1, 0.15) is 21.6 Å². The van der Waals surface area contributed by atoms with E-state index in [1.165, 1.54) is 11.3 Å². The summed E-state index contributed by atoms with van der Waals surface area (Å²) in [5.74, 6) is 0.977. The van der Waals surface area contributed by atoms with Crippen molar-refractivity contribution in [2.45, 2.75) is 18.9 Å². The Labute approximate surface area is 174 Å². The van der Waals surface area contributed by atoms with Crippen molar-refractivity contribution in [3.05, 3.63) is 72.8 Å². The van der Waals surface area contributed by atoms with Gasteiger partial charge in [0.25, 0.3) is 0 Å². The number of ether oxygens (including phenoxy) is 1. The summed E-state index contributed by atoms with van der Waals surface area (Å²) in [5, 5.41) is 13.6. The molecule has 5 heteroatoms. The molecule has 2 heterocycles. The topological polar surface area (TPSA) is 45.3 Å². The molecule has 0 N–H and O–H groups in total. The number of para-hydroxylation sites is 1. The molecule has 0 unspecified atom stereocenters. The summed E-state index contributed by atoms with van der Waals surface area (Å²) in [6.07, 6.45) is 2.09. The summed E-state index contributed by atoms with van der Waals surface area (Å²) < 4.78 is 6.82. The molecule has 0 aliphatic carbocycles. The van der Waals surface area contributed by atoms with Gasteiger partial charge in [-0.15, -0.1) is 11.3 Å². The number of hydrogen-bond acceptors (Lipinski definition) is 4. The number of thiazole rings is 1. The van der Waals surface area contributed by atoms with Crippen LogP contribution < -0.4 is 9.64 Å². The van der Waals surface area contributed by atoms with Gasteiger partial charge in [-0.1, -0.05) is 48.5 Å². The van der Waals surface area contributed by atoms with Crippen LogP contribution in [0.1, 0.15) is 12.8 Å². The van der Waals surface area contributed by atoms with Crippen LogP contribution in [0.5, 0.6) is 11.5 Å². The van der Waals surface area contributed by atoms with Crippen LogP contribution in [0.3, 0.4) is 0 Å². The fraction of sp³-hybridized carbons (Fsp3) is 0.208. The smallest absolute Gasteiger partial charge is 0.200 e. The van der Waals surface area contributed by atoms with E-state index in [4.69, 9.17) is 9.72 Å². The molecule has 145 valence electrons. The van der Waals surface area contributed by atoms with Crippen molar-refractivity contribution < 1.29 is 9.84 Å². The summed E-state index contributed by atoms with van der Waals surface area (Å²) in [7, 11) is 0. The van der Waals surface area contributed by atoms with Crippen molar-refractivity contribution in [1.29, 1.82) is 0 Å². The molecule has 1 fully saturated rings. The Bertz CT molecular complexity index is 1100. The average Bonchev–Trinajstić information content (AvgIpc) is 3.21. The molecule has 1 saturated heterocycles. The van der Waals surface area contributed by atoms with Crippen LogP contribution >= 0.6 is 11.3 Å². The number of anilines is 1. The van der Waals surface area contributed by atoms with Crippen LogP contribution in [0.25, 0.3) is 20.8 Å². The van der Waals surface area contributed by atoms with E-state index in [1.807, 2.05) is 60.7 Å². The Balaban J connectivity index is 1.33. The van der Waals surface area contributed by atoms with Gasteiger partial charge in [-0.25, -0.2) is 4.98 Å². The first-order valence-corrected chi connectivity index (χ1v) is 10.7. The van der Waals surface area contributed by atoms with Crippen molar-refractivity contribution in [3.8, 4) is 22.1 Å². The maximum Gasteiger partial charge on any atom is 0.200 e. The third-order valence-corrected chi connectivity index (χ3v) is 6.45. The second kappa shape index (κ2) is 7.76. The molecule has 0 saturated carbocycles. The number of nitrogens with zero attached hydrogens (tertiary/aromatic N) is 2. The highest BCUT2D eigenvalue weighted by Gasteiger charge is 2.22. The molecule has 0 spiro atoms. The van der Waals surface area contributed by atoms with Gasteiger partial charge in [0.15, 0.2) is 5.75 Å². The molecule has 1 radical (unpaired) electrons. The van der Waals surface area contributed by atoms with Crippen LogP contribution in [0.15, 0.2) is 72.8 Å². The van der Waals surface area contributed by atoms with E-state index in [2.05, 4.69) is 11.0 Å². The van der Waals surface area contributed by atoms with Gasteiger partial charge in [-0.05, 0) is 18.2 Å². The largest absolute Gasteiger partial charge is 0.490 e. The first-order chi connectivity index (χ1) is 14.3. The van der Waals surface area contributed by atoms with Gasteiger partial charge < -0.3 is 9.64 Å². The van der Waals surface area contributed by atoms with E-state index in [-0.39, 0.29) is 11.9 Å². The van der Waals surface area contributed by atoms with Gasteiger partial charge >= 0.3 is 0 Å². The van der Waals surface area contributed by atoms with Crippen LogP contribution in [0.2, 0.25) is 0 Å². The van der Waals surface area contributed by atoms with E-state index in [0.29, 0.717) is 0 Å². The lowest BCUT2D eigenvalue weighted by molar-refractivity contribution is 0.171. The van der Waals surface area contributed by atoms with Crippen molar-refractivity contribution in [1.82, 2.24) is 4.98 Å². The highest BCUT2D eigenvalue weighted by Crippen LogP contribution is 2.39. The molecule has 3 aromatic carbocycles. The van der Waals surface area contributed by atoms with Crippen molar-refractivity contribution >= 4 is 27.2 Å². The predicted molar refractivity (Wildman–Crippen MR) is 117 cm³/mol. The lowest BCUT2D eigenvalue weighted by Crippen LogP contribution is -2.38. The Kier molecular flexibility index (Phi) is 4.82. The molecule has 1 aliphatic heterocycles. The minimum absolute atomic E-state index is 0.0554. The number of benzene rings is 3. The van der Waals surface area contributed by atoms with E-state index in [1.54, 1.807) is 6.07 Å². The zero-order valence-electron chi connectivity index (χ0n) is 16.0. The zero-order valence-corrected chi connectivity index (χ0v) is 16.8. The summed E-state index contributed by atoms with van der Waals surface area (Å²) >= 11 is 1.47. The van der Waals surface area contributed by atoms with E-state index < -0.39 is 0 Å². The van der Waals surface area contributed by atoms with Gasteiger partial charge in [-0.3, -0.25) is 5.11 Å². The van der Waals surface area contributed by atoms with Crippen LogP contribution in [-0.2, 0) is 5.11 Å². The second-order valence-corrected chi connectivity index (χ2v) is 8.29. The molecule has 29 heavy (non-hydrogen) atoms. The van der Waals surface area contributed by atoms with E-state index in [9.17, 15) is 5.11 Å². The fourth-order valence-corrected chi connectivity index (χ4v) is 4.76. The van der Waals surface area contributed by atoms with Crippen molar-refractivity contribution in [3.63, 3.8) is 0 Å². The second-order valence-electron chi connectivity index (χ2n) is 7.29. The first-order valence-electron chi connectivity index (χ1n) is 9.90. The van der Waals surface area contributed by atoms with Gasteiger partial charge in [0.05, 0.1) is 5.52 Å². The highest BCUT2D eigenvalue weighted by atomic mass is 32.1. The summed E-state index contributed by atoms with van der Waals surface area (Å²) in [5.41, 5.74) is 2.80. The maximum absolute atomic E-state index is 12.7. The maximum atomic E-state index is 12.7. The number of piperidine rings is 1. The molecule has 1 aliphatic rings. The minimum atomic E-state index is 0.0554. The monoisotopic (exact) mass is 401 g/mol. The third kappa shape index (κ3) is 3.78. The Morgan fingerprint density at radius 1 is 0.931 bits per heavy atom. The SMILES string of the molecule is [O]c1cc(N2CCC(Oc3ccccc3)CC2)cc2nc(-c3ccccc3)sc12. The first kappa shape index (κ1) is 18.0. The molecule has 4 aromatic rings. The normalized spacial score (nSPS) is 15.0. The lowest BCUT2D eigenvalue weighted by Gasteiger charge is -2.33. The van der Waals surface area contributed by atoms with Gasteiger partial charge in [0, 0.05) is 43.2 Å². The minimum Gasteiger partial charge on any atom is -0.490 e. The van der Waals surface area contributed by atoms with Gasteiger partial charge in [0.2, 0.25) is 0 Å². The number of fused-ring (bicyclic) bond motifs is 1. The van der Waals surface area contributed by atoms with Crippen LogP contribution in [0, 0.1) is 0 Å². The van der Waals surface area contributed by atoms with Gasteiger partial charge in [-0.2, -0.15) is 0 Å². The quantitative estimate of drug-likeness (QED) is 0.412. The van der Waals surface area contributed by atoms with Crippen LogP contribution in [0.4, 0.5) is 5.69 Å². The molecular formula is C24H21N2O2S. The standard InChI is InChI=1S/C24H21N2O2S/c27-22-16-18(15-21-23(22)29-24(25-21)17-7-3-1-4-8-17)26-13-11-20(12-14-26)28-19-9-5-2-6-10-19/h1-10,15-16,20H,11-14H2. The molecule has 0 amide bonds. The van der Waals surface area contributed by atoms with Crippen molar-refractivity contribution in [2.75, 3.05) is 18.0 Å². The number of hydrogen-bond donors (Lipinski definition) is 0. The lowest BCUT2D eigenvalue weighted by atomic mass is 10.1. The fourth-order valence-electron chi connectivity index (χ4n) is 3.80. The molecule has 0 atom stereocenters. The van der Waals surface area contributed by atoms with Crippen LogP contribution in [-0.4, -0.2) is 24.2 Å². The summed E-state index contributed by atoms with van der Waals surface area (Å²) in [4.78, 5) is 7.01. The summed E-state index contributed by atoms with van der Waals surface area (Å²) in [6, 6.07) is 23.8. The molecule has 5 rings (SSSR count). The molecule has 4 nitrogen and oxygen atoms in total. The Morgan fingerprint density at radius 2 is 1.62 bits per heavy atom. The average molecular weight is 402 g/mol. The highest BCUT2D eigenvalue weighted by molar-refractivity contribution is 7.22. The van der Waals surface area contributed by atoms with Crippen molar-refractivity contribution in [2.24, 2.45) is 0 Å². The Hall–Kier alpha value is -3.05. The molecule has 1 aromatic heterocycles. The predicted octanol–water partition coefficient (Wildman–Crippen LogP) is 6.15. The number of aromatic nitrogens is 1. The zero-order chi connectivity index (χ0) is 19.6. The van der Waals surface area contributed by atoms with E-state index >= 15 is 0 Å². The third-order valence-electron chi connectivity index (χ3n) is 5.31. The Morgan fingerprint density at radius 3 is 2.34 bits per heavy atom. The molecular weight excluding hydrogens is 380 g/mol. The number of rotatable bonds is 4. The van der Waals surface area contributed by atoms with E-state index in [0.717, 1.165) is 58.2 Å².